The Kier molecular flexibility index (Phi) is 12.0. The molecule has 0 fully saturated rings. The average molecular weight is 569 g/mol. The number of halogens is 3. The van der Waals surface area contributed by atoms with Gasteiger partial charge in [0.15, 0.2) is 0 Å². The summed E-state index contributed by atoms with van der Waals surface area (Å²) in [6.45, 7) is 7.16. The maximum atomic E-state index is 12.9. The van der Waals surface area contributed by atoms with Crippen LogP contribution in [-0.4, -0.2) is 43.7 Å². The summed E-state index contributed by atoms with van der Waals surface area (Å²) in [6, 6.07) is 7.25. The first kappa shape index (κ1) is 32.6. The molecule has 0 saturated heterocycles. The van der Waals surface area contributed by atoms with Gasteiger partial charge in [-0.15, -0.1) is 5.10 Å². The van der Waals surface area contributed by atoms with Crippen LogP contribution in [0, 0.1) is 0 Å². The summed E-state index contributed by atoms with van der Waals surface area (Å²) < 4.78 is 45.5. The Labute approximate surface area is 231 Å². The molecule has 1 unspecified atom stereocenters. The Morgan fingerprint density at radius 2 is 1.88 bits per heavy atom. The van der Waals surface area contributed by atoms with E-state index in [1.165, 1.54) is 0 Å². The van der Waals surface area contributed by atoms with Crippen molar-refractivity contribution in [1.82, 2.24) is 14.3 Å². The molecule has 0 spiro atoms. The number of carboxylic acids is 1. The van der Waals surface area contributed by atoms with Crippen molar-refractivity contribution in [2.45, 2.75) is 97.5 Å². The zero-order valence-corrected chi connectivity index (χ0v) is 23.5. The van der Waals surface area contributed by atoms with Crippen molar-refractivity contribution in [2.75, 3.05) is 11.9 Å². The number of aromatic nitrogens is 3. The van der Waals surface area contributed by atoms with Gasteiger partial charge in [-0.3, -0.25) is 9.36 Å². The van der Waals surface area contributed by atoms with Crippen LogP contribution in [0.1, 0.15) is 71.8 Å². The summed E-state index contributed by atoms with van der Waals surface area (Å²) in [4.78, 5) is 37.3. The summed E-state index contributed by atoms with van der Waals surface area (Å²) >= 11 is 0. The lowest BCUT2D eigenvalue weighted by Crippen LogP contribution is -2.42. The summed E-state index contributed by atoms with van der Waals surface area (Å²) in [7, 11) is 0. The van der Waals surface area contributed by atoms with E-state index in [0.717, 1.165) is 26.8 Å². The number of carbonyl (C=O) groups is 1. The number of anilines is 1. The number of aliphatic carboxylic acids is 1. The molecule has 0 saturated carbocycles. The van der Waals surface area contributed by atoms with Crippen LogP contribution in [0.4, 0.5) is 19.0 Å². The zero-order valence-electron chi connectivity index (χ0n) is 23.5. The third kappa shape index (κ3) is 10.2. The van der Waals surface area contributed by atoms with Crippen molar-refractivity contribution in [1.29, 1.82) is 0 Å². The fraction of sp³-hybridized carbons (Fsp3) is 0.571. The minimum atomic E-state index is -4.35. The minimum absolute atomic E-state index is 0.00589. The molecule has 0 bridgehead atoms. The second-order valence-corrected chi connectivity index (χ2v) is 10.2. The van der Waals surface area contributed by atoms with Crippen LogP contribution >= 0.6 is 0 Å². The molecule has 1 heterocycles. The highest BCUT2D eigenvalue weighted by Gasteiger charge is 2.34. The first-order valence-electron chi connectivity index (χ1n) is 13.4. The van der Waals surface area contributed by atoms with E-state index in [4.69, 9.17) is 4.74 Å². The van der Waals surface area contributed by atoms with Gasteiger partial charge in [-0.2, -0.15) is 13.2 Å². The van der Waals surface area contributed by atoms with Gasteiger partial charge in [0, 0.05) is 26.1 Å². The molecule has 0 amide bonds. The molecule has 0 aliphatic heterocycles. The number of benzene rings is 1. The van der Waals surface area contributed by atoms with E-state index in [2.05, 4.69) is 10.4 Å². The van der Waals surface area contributed by atoms with E-state index in [1.807, 2.05) is 32.9 Å². The van der Waals surface area contributed by atoms with E-state index in [9.17, 15) is 32.7 Å². The number of nitrogens with one attached hydrogen (secondary N) is 1. The summed E-state index contributed by atoms with van der Waals surface area (Å²) in [6.07, 6.45) is -0.987. The second kappa shape index (κ2) is 14.7. The number of carboxylic acid groups (broad SMARTS) is 1. The topological polar surface area (TPSA) is 115 Å². The lowest BCUT2D eigenvalue weighted by Gasteiger charge is -2.26. The molecular formula is C28H39F3N4O5. The van der Waals surface area contributed by atoms with Gasteiger partial charge in [0.05, 0.1) is 0 Å². The van der Waals surface area contributed by atoms with E-state index in [-0.39, 0.29) is 25.3 Å². The number of nitrogens with zero attached hydrogens (tertiary/aromatic N) is 3. The van der Waals surface area contributed by atoms with Gasteiger partial charge in [0.1, 0.15) is 5.75 Å². The smallest absolute Gasteiger partial charge is 0.389 e. The number of alkyl halides is 3. The van der Waals surface area contributed by atoms with Crippen LogP contribution in [0.5, 0.6) is 5.75 Å². The number of ether oxygens (including phenoxy) is 1. The molecular weight excluding hydrogens is 529 g/mol. The molecule has 12 heteroatoms. The highest BCUT2D eigenvalue weighted by molar-refractivity contribution is 5.77. The summed E-state index contributed by atoms with van der Waals surface area (Å²) in [5.74, 6) is -0.637. The van der Waals surface area contributed by atoms with E-state index in [1.54, 1.807) is 25.1 Å². The lowest BCUT2D eigenvalue weighted by atomic mass is 10.0. The van der Waals surface area contributed by atoms with Gasteiger partial charge >= 0.3 is 17.8 Å². The molecule has 2 rings (SSSR count). The van der Waals surface area contributed by atoms with Crippen molar-refractivity contribution in [3.8, 4) is 5.75 Å². The molecule has 1 atom stereocenters. The normalized spacial score (nSPS) is 13.0. The highest BCUT2D eigenvalue weighted by atomic mass is 19.4. The average Bonchev–Trinajstić information content (AvgIpc) is 2.85. The van der Waals surface area contributed by atoms with E-state index < -0.39 is 35.4 Å². The number of hydrogen-bond donors (Lipinski definition) is 2. The Hall–Kier alpha value is -3.57. The Morgan fingerprint density at radius 1 is 1.15 bits per heavy atom. The van der Waals surface area contributed by atoms with Crippen LogP contribution in [0.25, 0.3) is 0 Å². The Morgan fingerprint density at radius 3 is 2.50 bits per heavy atom. The SMILES string of the molecule is CCCC(C)(Oc1cccc(CCCCNc2nn(CCCC(F)(F)F)c(=O)n(CC=C(C)C)c2=O)c1)C(=O)O. The highest BCUT2D eigenvalue weighted by Crippen LogP contribution is 2.25. The minimum Gasteiger partial charge on any atom is -0.478 e. The molecule has 1 aromatic heterocycles. The predicted molar refractivity (Wildman–Crippen MR) is 147 cm³/mol. The zero-order chi connectivity index (χ0) is 29.9. The van der Waals surface area contributed by atoms with Crippen LogP contribution in [-0.2, 0) is 24.3 Å². The standard InChI is InChI=1S/C28H39F3N4O5/c1-5-14-27(4,25(37)38)40-22-12-8-11-21(19-22)10-6-7-16-32-23-24(36)34(18-13-20(2)3)26(39)35(33-23)17-9-15-28(29,30)31/h8,11-13,19H,5-7,9-10,14-18H2,1-4H3,(H,32,33)(H,37,38). The fourth-order valence-corrected chi connectivity index (χ4v) is 4.05. The van der Waals surface area contributed by atoms with Gasteiger partial charge < -0.3 is 15.2 Å². The van der Waals surface area contributed by atoms with E-state index >= 15 is 0 Å². The number of allylic oxidation sites excluding steroid dienone is 2. The Balaban J connectivity index is 2.05. The van der Waals surface area contributed by atoms with Crippen molar-refractivity contribution in [3.05, 3.63) is 62.3 Å². The number of unbranched alkanes of at least 4 members (excludes halogenated alkanes) is 1. The molecule has 1 aromatic carbocycles. The van der Waals surface area contributed by atoms with Crippen LogP contribution in [0.15, 0.2) is 45.5 Å². The largest absolute Gasteiger partial charge is 0.478 e. The van der Waals surface area contributed by atoms with Crippen LogP contribution < -0.4 is 21.3 Å². The van der Waals surface area contributed by atoms with E-state index in [0.29, 0.717) is 38.0 Å². The molecule has 222 valence electrons. The third-order valence-corrected chi connectivity index (χ3v) is 6.24. The third-order valence-electron chi connectivity index (χ3n) is 6.24. The van der Waals surface area contributed by atoms with Gasteiger partial charge in [0.25, 0.3) is 5.56 Å². The molecule has 9 nitrogen and oxygen atoms in total. The Bertz CT molecular complexity index is 1280. The molecule has 0 radical (unpaired) electrons. The van der Waals surface area contributed by atoms with Gasteiger partial charge in [-0.05, 0) is 70.6 Å². The molecule has 40 heavy (non-hydrogen) atoms. The maximum Gasteiger partial charge on any atom is 0.389 e. The quantitative estimate of drug-likeness (QED) is 0.212. The summed E-state index contributed by atoms with van der Waals surface area (Å²) in [5, 5.41) is 16.5. The first-order chi connectivity index (χ1) is 18.8. The van der Waals surface area contributed by atoms with Crippen molar-refractivity contribution in [2.24, 2.45) is 0 Å². The van der Waals surface area contributed by atoms with Gasteiger partial charge in [-0.1, -0.05) is 37.1 Å². The van der Waals surface area contributed by atoms with Crippen molar-refractivity contribution in [3.63, 3.8) is 0 Å². The predicted octanol–water partition coefficient (Wildman–Crippen LogP) is 5.17. The molecule has 0 aliphatic carbocycles. The molecule has 2 N–H and O–H groups in total. The molecule has 0 aliphatic rings. The van der Waals surface area contributed by atoms with Crippen LogP contribution in [0.2, 0.25) is 0 Å². The monoisotopic (exact) mass is 568 g/mol. The number of hydrogen-bond acceptors (Lipinski definition) is 6. The first-order valence-corrected chi connectivity index (χ1v) is 13.4. The lowest BCUT2D eigenvalue weighted by molar-refractivity contribution is -0.154. The second-order valence-electron chi connectivity index (χ2n) is 10.2. The number of rotatable bonds is 16. The fourth-order valence-electron chi connectivity index (χ4n) is 4.05. The van der Waals surface area contributed by atoms with Gasteiger partial charge in [0.2, 0.25) is 11.4 Å². The molecule has 2 aromatic rings. The van der Waals surface area contributed by atoms with Crippen LogP contribution in [0.3, 0.4) is 0 Å². The van der Waals surface area contributed by atoms with Crippen molar-refractivity contribution >= 4 is 11.8 Å². The van der Waals surface area contributed by atoms with Gasteiger partial charge in [-0.25, -0.2) is 14.3 Å². The number of aryl methyl sites for hydroxylation is 2. The van der Waals surface area contributed by atoms with Crippen molar-refractivity contribution < 1.29 is 27.8 Å². The summed E-state index contributed by atoms with van der Waals surface area (Å²) in [5.41, 5.74) is -0.856. The maximum absolute atomic E-state index is 12.9.